The first-order chi connectivity index (χ1) is 9.67. The molecule has 2 fully saturated rings. The summed E-state index contributed by atoms with van der Waals surface area (Å²) < 4.78 is 12.3. The Labute approximate surface area is 125 Å². The maximum absolute atomic E-state index is 6.16. The van der Waals surface area contributed by atoms with Crippen LogP contribution in [0.15, 0.2) is 18.2 Å². The fraction of sp³-hybridized carbons (Fsp3) is 0.625. The molecule has 0 aliphatic carbocycles. The van der Waals surface area contributed by atoms with E-state index in [1.807, 2.05) is 30.8 Å². The van der Waals surface area contributed by atoms with Gasteiger partial charge in [-0.1, -0.05) is 6.07 Å². The summed E-state index contributed by atoms with van der Waals surface area (Å²) in [5.41, 5.74) is 8.02. The van der Waals surface area contributed by atoms with E-state index in [1.54, 1.807) is 0 Å². The smallest absolute Gasteiger partial charge is 0.142 e. The van der Waals surface area contributed by atoms with Crippen molar-refractivity contribution in [3.05, 3.63) is 23.8 Å². The van der Waals surface area contributed by atoms with Crippen molar-refractivity contribution in [3.63, 3.8) is 0 Å². The van der Waals surface area contributed by atoms with Crippen LogP contribution in [0, 0.1) is 6.92 Å². The second-order valence-electron chi connectivity index (χ2n) is 5.92. The summed E-state index contributed by atoms with van der Waals surface area (Å²) in [5, 5.41) is 0. The van der Waals surface area contributed by atoms with E-state index in [1.165, 1.54) is 17.1 Å². The summed E-state index contributed by atoms with van der Waals surface area (Å²) in [7, 11) is 0. The van der Waals surface area contributed by atoms with Crippen LogP contribution in [-0.4, -0.2) is 29.8 Å². The number of hydrogen-bond donors (Lipinski definition) is 1. The number of ether oxygens (including phenoxy) is 2. The van der Waals surface area contributed by atoms with E-state index in [9.17, 15) is 0 Å². The molecule has 0 aromatic heterocycles. The standard InChI is InChI=1S/C16H23NO2S/c1-12-2-3-15(14(17)10-12)19-13-4-7-18-16(11-13)5-8-20-9-6-16/h2-3,10,13H,4-9,11,17H2,1H3. The molecule has 0 amide bonds. The summed E-state index contributed by atoms with van der Waals surface area (Å²) in [5.74, 6) is 3.24. The van der Waals surface area contributed by atoms with E-state index in [0.717, 1.165) is 43.7 Å². The Morgan fingerprint density at radius 3 is 2.90 bits per heavy atom. The van der Waals surface area contributed by atoms with Gasteiger partial charge in [-0.15, -0.1) is 0 Å². The molecular formula is C16H23NO2S. The highest BCUT2D eigenvalue weighted by molar-refractivity contribution is 7.99. The molecule has 2 aliphatic rings. The Morgan fingerprint density at radius 1 is 1.35 bits per heavy atom. The van der Waals surface area contributed by atoms with Gasteiger partial charge in [0.2, 0.25) is 0 Å². The molecular weight excluding hydrogens is 270 g/mol. The predicted molar refractivity (Wildman–Crippen MR) is 84.5 cm³/mol. The summed E-state index contributed by atoms with van der Waals surface area (Å²) in [6.07, 6.45) is 4.50. The largest absolute Gasteiger partial charge is 0.488 e. The molecule has 4 heteroatoms. The molecule has 20 heavy (non-hydrogen) atoms. The van der Waals surface area contributed by atoms with Crippen LogP contribution in [0.5, 0.6) is 5.75 Å². The van der Waals surface area contributed by atoms with Crippen molar-refractivity contribution in [2.75, 3.05) is 23.8 Å². The fourth-order valence-corrected chi connectivity index (χ4v) is 4.37. The molecule has 2 heterocycles. The molecule has 0 bridgehead atoms. The Kier molecular flexibility index (Phi) is 4.13. The van der Waals surface area contributed by atoms with Crippen LogP contribution in [0.25, 0.3) is 0 Å². The van der Waals surface area contributed by atoms with Crippen LogP contribution in [0.4, 0.5) is 5.69 Å². The van der Waals surface area contributed by atoms with Gasteiger partial charge < -0.3 is 15.2 Å². The highest BCUT2D eigenvalue weighted by Crippen LogP contribution is 2.39. The first-order valence-electron chi connectivity index (χ1n) is 7.41. The zero-order chi connectivity index (χ0) is 14.0. The van der Waals surface area contributed by atoms with Crippen LogP contribution in [0.3, 0.4) is 0 Å². The molecule has 1 aromatic rings. The van der Waals surface area contributed by atoms with Gasteiger partial charge in [0.05, 0.1) is 17.9 Å². The number of thioether (sulfide) groups is 1. The van der Waals surface area contributed by atoms with E-state index in [-0.39, 0.29) is 11.7 Å². The minimum atomic E-state index is 0.0631. The molecule has 1 atom stereocenters. The molecule has 2 saturated heterocycles. The van der Waals surface area contributed by atoms with Gasteiger partial charge in [-0.2, -0.15) is 11.8 Å². The van der Waals surface area contributed by atoms with Crippen LogP contribution in [-0.2, 0) is 4.74 Å². The van der Waals surface area contributed by atoms with E-state index < -0.39 is 0 Å². The number of benzene rings is 1. The van der Waals surface area contributed by atoms with Crippen molar-refractivity contribution in [2.45, 2.75) is 44.3 Å². The minimum absolute atomic E-state index is 0.0631. The Balaban J connectivity index is 1.68. The molecule has 1 unspecified atom stereocenters. The van der Waals surface area contributed by atoms with Gasteiger partial charge in [0.25, 0.3) is 0 Å². The second-order valence-corrected chi connectivity index (χ2v) is 7.14. The van der Waals surface area contributed by atoms with Gasteiger partial charge in [-0.05, 0) is 49.0 Å². The predicted octanol–water partition coefficient (Wildman–Crippen LogP) is 3.40. The molecule has 110 valence electrons. The molecule has 1 spiro atoms. The zero-order valence-electron chi connectivity index (χ0n) is 12.1. The lowest BCUT2D eigenvalue weighted by molar-refractivity contribution is -0.116. The lowest BCUT2D eigenvalue weighted by atomic mass is 9.86. The van der Waals surface area contributed by atoms with Crippen LogP contribution < -0.4 is 10.5 Å². The quantitative estimate of drug-likeness (QED) is 0.849. The molecule has 2 N–H and O–H groups in total. The lowest BCUT2D eigenvalue weighted by Gasteiger charge is -2.43. The zero-order valence-corrected chi connectivity index (χ0v) is 12.9. The lowest BCUT2D eigenvalue weighted by Crippen LogP contribution is -2.46. The van der Waals surface area contributed by atoms with Gasteiger partial charge >= 0.3 is 0 Å². The summed E-state index contributed by atoms with van der Waals surface area (Å²) in [4.78, 5) is 0. The van der Waals surface area contributed by atoms with Crippen LogP contribution >= 0.6 is 11.8 Å². The summed E-state index contributed by atoms with van der Waals surface area (Å²) >= 11 is 2.03. The number of aryl methyl sites for hydroxylation is 1. The topological polar surface area (TPSA) is 44.5 Å². The molecule has 3 nitrogen and oxygen atoms in total. The second kappa shape index (κ2) is 5.86. The average Bonchev–Trinajstić information content (AvgIpc) is 2.43. The number of hydrogen-bond acceptors (Lipinski definition) is 4. The Morgan fingerprint density at radius 2 is 2.15 bits per heavy atom. The highest BCUT2D eigenvalue weighted by Gasteiger charge is 2.39. The van der Waals surface area contributed by atoms with Gasteiger partial charge in [-0.25, -0.2) is 0 Å². The summed E-state index contributed by atoms with van der Waals surface area (Å²) in [6, 6.07) is 6.02. The number of nitrogen functional groups attached to an aromatic ring is 1. The number of anilines is 1. The van der Waals surface area contributed by atoms with Crippen molar-refractivity contribution in [1.82, 2.24) is 0 Å². The van der Waals surface area contributed by atoms with Crippen molar-refractivity contribution in [1.29, 1.82) is 0 Å². The SMILES string of the molecule is Cc1ccc(OC2CCOC3(CCSCC3)C2)c(N)c1. The van der Waals surface area contributed by atoms with Crippen molar-refractivity contribution in [3.8, 4) is 5.75 Å². The van der Waals surface area contributed by atoms with E-state index >= 15 is 0 Å². The molecule has 0 radical (unpaired) electrons. The first kappa shape index (κ1) is 14.1. The highest BCUT2D eigenvalue weighted by atomic mass is 32.2. The van der Waals surface area contributed by atoms with Gasteiger partial charge in [-0.3, -0.25) is 0 Å². The maximum atomic E-state index is 6.16. The van der Waals surface area contributed by atoms with Gasteiger partial charge in [0, 0.05) is 12.8 Å². The van der Waals surface area contributed by atoms with Gasteiger partial charge in [0.1, 0.15) is 11.9 Å². The summed E-state index contributed by atoms with van der Waals surface area (Å²) in [6.45, 7) is 2.85. The van der Waals surface area contributed by atoms with Crippen molar-refractivity contribution < 1.29 is 9.47 Å². The monoisotopic (exact) mass is 293 g/mol. The minimum Gasteiger partial charge on any atom is -0.488 e. The molecule has 1 aromatic carbocycles. The van der Waals surface area contributed by atoms with E-state index in [0.29, 0.717) is 0 Å². The number of nitrogens with two attached hydrogens (primary N) is 1. The average molecular weight is 293 g/mol. The molecule has 0 saturated carbocycles. The molecule has 3 rings (SSSR count). The normalized spacial score (nSPS) is 25.6. The first-order valence-corrected chi connectivity index (χ1v) is 8.57. The van der Waals surface area contributed by atoms with Gasteiger partial charge in [0.15, 0.2) is 0 Å². The maximum Gasteiger partial charge on any atom is 0.142 e. The Hall–Kier alpha value is -0.870. The Bertz CT molecular complexity index is 466. The van der Waals surface area contributed by atoms with Crippen LogP contribution in [0.2, 0.25) is 0 Å². The van der Waals surface area contributed by atoms with Crippen molar-refractivity contribution >= 4 is 17.4 Å². The van der Waals surface area contributed by atoms with Crippen molar-refractivity contribution in [2.24, 2.45) is 0 Å². The van der Waals surface area contributed by atoms with E-state index in [4.69, 9.17) is 15.2 Å². The third-order valence-corrected chi connectivity index (χ3v) is 5.30. The number of rotatable bonds is 2. The molecule has 2 aliphatic heterocycles. The van der Waals surface area contributed by atoms with Crippen LogP contribution in [0.1, 0.15) is 31.2 Å². The third-order valence-electron chi connectivity index (χ3n) is 4.31. The third kappa shape index (κ3) is 3.07. The fourth-order valence-electron chi connectivity index (χ4n) is 3.13. The van der Waals surface area contributed by atoms with E-state index in [2.05, 4.69) is 6.07 Å².